The van der Waals surface area contributed by atoms with E-state index >= 15 is 0 Å². The van der Waals surface area contributed by atoms with Gasteiger partial charge in [-0.3, -0.25) is 9.59 Å². The van der Waals surface area contributed by atoms with Crippen molar-refractivity contribution < 1.29 is 19.1 Å². The van der Waals surface area contributed by atoms with Crippen molar-refractivity contribution >= 4 is 11.9 Å². The van der Waals surface area contributed by atoms with Crippen LogP contribution in [0, 0.1) is 0 Å². The molecule has 4 heteroatoms. The van der Waals surface area contributed by atoms with Gasteiger partial charge >= 0.3 is 11.9 Å². The van der Waals surface area contributed by atoms with Crippen molar-refractivity contribution in [2.75, 3.05) is 0 Å². The highest BCUT2D eigenvalue weighted by Gasteiger charge is 2.27. The Hall–Kier alpha value is -1.84. The van der Waals surface area contributed by atoms with E-state index in [0.29, 0.717) is 11.5 Å². The van der Waals surface area contributed by atoms with Gasteiger partial charge in [-0.15, -0.1) is 0 Å². The number of hydrogen-bond donors (Lipinski definition) is 0. The monoisotopic (exact) mass is 190 g/mol. The van der Waals surface area contributed by atoms with Crippen molar-refractivity contribution in [3.63, 3.8) is 0 Å². The molecular weight excluding hydrogens is 184 g/mol. The molecule has 2 aliphatic heterocycles. The molecule has 0 fully saturated rings. The van der Waals surface area contributed by atoms with Gasteiger partial charge in [0.05, 0.1) is 12.8 Å². The first kappa shape index (κ1) is 7.55. The van der Waals surface area contributed by atoms with Crippen LogP contribution in [0.4, 0.5) is 0 Å². The first-order valence-electron chi connectivity index (χ1n) is 4.29. The van der Waals surface area contributed by atoms with Gasteiger partial charge in [0, 0.05) is 11.1 Å². The Labute approximate surface area is 79.4 Å². The maximum atomic E-state index is 11.0. The lowest BCUT2D eigenvalue weighted by molar-refractivity contribution is -0.132. The first-order valence-corrected chi connectivity index (χ1v) is 4.29. The van der Waals surface area contributed by atoms with Crippen LogP contribution in [0.25, 0.3) is 0 Å². The molecule has 1 aromatic carbocycles. The molecule has 0 bridgehead atoms. The second-order valence-corrected chi connectivity index (χ2v) is 3.37. The summed E-state index contributed by atoms with van der Waals surface area (Å²) in [7, 11) is 0. The number of esters is 2. The van der Waals surface area contributed by atoms with Crippen LogP contribution in [-0.2, 0) is 22.4 Å². The van der Waals surface area contributed by atoms with Crippen molar-refractivity contribution in [3.8, 4) is 11.5 Å². The van der Waals surface area contributed by atoms with Gasteiger partial charge in [0.15, 0.2) is 0 Å². The molecule has 70 valence electrons. The van der Waals surface area contributed by atoms with E-state index in [9.17, 15) is 9.59 Å². The molecule has 0 radical (unpaired) electrons. The zero-order chi connectivity index (χ0) is 9.71. The Morgan fingerprint density at radius 1 is 0.857 bits per heavy atom. The number of carbonyl (C=O) groups is 2. The highest BCUT2D eigenvalue weighted by Crippen LogP contribution is 2.36. The smallest absolute Gasteiger partial charge is 0.315 e. The van der Waals surface area contributed by atoms with E-state index in [0.717, 1.165) is 11.1 Å². The van der Waals surface area contributed by atoms with E-state index in [2.05, 4.69) is 0 Å². The Kier molecular flexibility index (Phi) is 1.27. The lowest BCUT2D eigenvalue weighted by Crippen LogP contribution is -2.01. The summed E-state index contributed by atoms with van der Waals surface area (Å²) in [6, 6.07) is 3.42. The summed E-state index contributed by atoms with van der Waals surface area (Å²) in [6.45, 7) is 0. The largest absolute Gasteiger partial charge is 0.426 e. The molecule has 3 rings (SSSR count). The Morgan fingerprint density at radius 3 is 1.71 bits per heavy atom. The Bertz CT molecular complexity index is 383. The zero-order valence-electron chi connectivity index (χ0n) is 7.20. The predicted molar refractivity (Wildman–Crippen MR) is 45.1 cm³/mol. The molecule has 0 saturated carbocycles. The molecular formula is C10H6O4. The minimum atomic E-state index is -0.255. The van der Waals surface area contributed by atoms with Gasteiger partial charge in [0.25, 0.3) is 0 Å². The fraction of sp³-hybridized carbons (Fsp3) is 0.200. The van der Waals surface area contributed by atoms with E-state index in [1.54, 1.807) is 12.1 Å². The molecule has 0 unspecified atom stereocenters. The van der Waals surface area contributed by atoms with Crippen molar-refractivity contribution in [2.45, 2.75) is 12.8 Å². The lowest BCUT2D eigenvalue weighted by Gasteiger charge is -2.00. The molecule has 4 nitrogen and oxygen atoms in total. The second-order valence-electron chi connectivity index (χ2n) is 3.37. The number of hydrogen-bond acceptors (Lipinski definition) is 4. The normalized spacial score (nSPS) is 17.4. The fourth-order valence-corrected chi connectivity index (χ4v) is 1.74. The molecule has 0 N–H and O–H groups in total. The SMILES string of the molecule is O=C1Cc2cc3c(cc2O1)CC(=O)O3. The van der Waals surface area contributed by atoms with Crippen LogP contribution in [0.1, 0.15) is 11.1 Å². The van der Waals surface area contributed by atoms with E-state index in [-0.39, 0.29) is 24.8 Å². The summed E-state index contributed by atoms with van der Waals surface area (Å²) in [5.41, 5.74) is 1.59. The van der Waals surface area contributed by atoms with Gasteiger partial charge in [0.2, 0.25) is 0 Å². The fourth-order valence-electron chi connectivity index (χ4n) is 1.74. The molecule has 0 aromatic heterocycles. The van der Waals surface area contributed by atoms with Crippen molar-refractivity contribution in [2.24, 2.45) is 0 Å². The van der Waals surface area contributed by atoms with Gasteiger partial charge in [-0.05, 0) is 12.1 Å². The van der Waals surface area contributed by atoms with Crippen molar-refractivity contribution in [1.29, 1.82) is 0 Å². The number of ether oxygens (including phenoxy) is 2. The maximum Gasteiger partial charge on any atom is 0.315 e. The third kappa shape index (κ3) is 0.937. The zero-order valence-corrected chi connectivity index (χ0v) is 7.20. The number of benzene rings is 1. The molecule has 1 aromatic rings. The predicted octanol–water partition coefficient (Wildman–Crippen LogP) is 0.610. The number of carbonyl (C=O) groups excluding carboxylic acids is 2. The van der Waals surface area contributed by atoms with Crippen LogP contribution in [-0.4, -0.2) is 11.9 Å². The molecule has 0 aliphatic carbocycles. The summed E-state index contributed by atoms with van der Waals surface area (Å²) >= 11 is 0. The average Bonchev–Trinajstić information content (AvgIpc) is 2.59. The molecule has 0 atom stereocenters. The van der Waals surface area contributed by atoms with E-state index in [1.807, 2.05) is 0 Å². The van der Waals surface area contributed by atoms with Crippen LogP contribution in [0.2, 0.25) is 0 Å². The molecule has 2 aliphatic rings. The van der Waals surface area contributed by atoms with Gasteiger partial charge in [0.1, 0.15) is 11.5 Å². The Morgan fingerprint density at radius 2 is 1.29 bits per heavy atom. The third-order valence-electron chi connectivity index (χ3n) is 2.36. The van der Waals surface area contributed by atoms with Gasteiger partial charge < -0.3 is 9.47 Å². The van der Waals surface area contributed by atoms with Crippen LogP contribution in [0.15, 0.2) is 12.1 Å². The van der Waals surface area contributed by atoms with Crippen LogP contribution in [0.5, 0.6) is 11.5 Å². The first-order chi connectivity index (χ1) is 6.72. The average molecular weight is 190 g/mol. The lowest BCUT2D eigenvalue weighted by atomic mass is 10.1. The van der Waals surface area contributed by atoms with E-state index in [4.69, 9.17) is 9.47 Å². The molecule has 0 saturated heterocycles. The number of rotatable bonds is 0. The van der Waals surface area contributed by atoms with E-state index in [1.165, 1.54) is 0 Å². The van der Waals surface area contributed by atoms with E-state index < -0.39 is 0 Å². The summed E-state index contributed by atoms with van der Waals surface area (Å²) in [6.07, 6.45) is 0.528. The van der Waals surface area contributed by atoms with Gasteiger partial charge in [-0.1, -0.05) is 0 Å². The molecule has 14 heavy (non-hydrogen) atoms. The maximum absolute atomic E-state index is 11.0. The van der Waals surface area contributed by atoms with Crippen LogP contribution < -0.4 is 9.47 Å². The minimum absolute atomic E-state index is 0.255. The molecule has 2 heterocycles. The van der Waals surface area contributed by atoms with Gasteiger partial charge in [-0.25, -0.2) is 0 Å². The number of fused-ring (bicyclic) bond motifs is 2. The third-order valence-corrected chi connectivity index (χ3v) is 2.36. The summed E-state index contributed by atoms with van der Waals surface area (Å²) < 4.78 is 9.92. The van der Waals surface area contributed by atoms with Crippen molar-refractivity contribution in [1.82, 2.24) is 0 Å². The summed E-state index contributed by atoms with van der Waals surface area (Å²) in [4.78, 5) is 21.9. The second kappa shape index (κ2) is 2.35. The summed E-state index contributed by atoms with van der Waals surface area (Å²) in [5, 5.41) is 0. The minimum Gasteiger partial charge on any atom is -0.426 e. The summed E-state index contributed by atoms with van der Waals surface area (Å²) in [5.74, 6) is 0.615. The highest BCUT2D eigenvalue weighted by atomic mass is 16.5. The molecule has 0 amide bonds. The highest BCUT2D eigenvalue weighted by molar-refractivity contribution is 5.85. The van der Waals surface area contributed by atoms with Crippen LogP contribution >= 0.6 is 0 Å². The quantitative estimate of drug-likeness (QED) is 0.444. The Balaban J connectivity index is 2.13. The van der Waals surface area contributed by atoms with Crippen molar-refractivity contribution in [3.05, 3.63) is 23.3 Å². The standard InChI is InChI=1S/C10H6O4/c11-9-3-5-1-7-6(2-8(5)14-9)4-10(12)13-7/h1-2H,3-4H2. The molecule has 0 spiro atoms. The van der Waals surface area contributed by atoms with Crippen LogP contribution in [0.3, 0.4) is 0 Å². The van der Waals surface area contributed by atoms with Gasteiger partial charge in [-0.2, -0.15) is 0 Å². The topological polar surface area (TPSA) is 52.6 Å².